The number of nitrogens with one attached hydrogen (secondary N) is 1. The summed E-state index contributed by atoms with van der Waals surface area (Å²) in [7, 11) is 0. The summed E-state index contributed by atoms with van der Waals surface area (Å²) in [5.74, 6) is 1.61. The van der Waals surface area contributed by atoms with E-state index in [0.717, 1.165) is 17.8 Å². The summed E-state index contributed by atoms with van der Waals surface area (Å²) in [6.45, 7) is 3.95. The fourth-order valence-corrected chi connectivity index (χ4v) is 1.85. The Labute approximate surface area is 99.8 Å². The summed E-state index contributed by atoms with van der Waals surface area (Å²) in [5, 5.41) is 7.65. The predicted octanol–water partition coefficient (Wildman–Crippen LogP) is 1.42. The van der Waals surface area contributed by atoms with Crippen LogP contribution in [0.25, 0.3) is 5.82 Å². The zero-order chi connectivity index (χ0) is 12.4. The number of hydrogen-bond acceptors (Lipinski definition) is 3. The van der Waals surface area contributed by atoms with Gasteiger partial charge in [-0.2, -0.15) is 0 Å². The number of rotatable bonds is 3. The third-order valence-corrected chi connectivity index (χ3v) is 2.67. The van der Waals surface area contributed by atoms with Gasteiger partial charge in [0.05, 0.1) is 5.56 Å². The lowest BCUT2D eigenvalue weighted by molar-refractivity contribution is 0.863. The molecule has 2 aromatic heterocycles. The van der Waals surface area contributed by atoms with E-state index in [-0.39, 0.29) is 5.84 Å². The minimum absolute atomic E-state index is 0.0290. The second-order valence-electron chi connectivity index (χ2n) is 3.81. The Morgan fingerprint density at radius 1 is 1.41 bits per heavy atom. The van der Waals surface area contributed by atoms with Crippen LogP contribution in [0.4, 0.5) is 0 Å². The predicted molar refractivity (Wildman–Crippen MR) is 66.5 cm³/mol. The Bertz CT molecular complexity index is 556. The first-order valence-corrected chi connectivity index (χ1v) is 5.47. The van der Waals surface area contributed by atoms with Crippen LogP contribution in [-0.2, 0) is 6.42 Å². The van der Waals surface area contributed by atoms with Crippen LogP contribution in [0, 0.1) is 12.3 Å². The average molecular weight is 229 g/mol. The summed E-state index contributed by atoms with van der Waals surface area (Å²) >= 11 is 0. The third-order valence-electron chi connectivity index (χ3n) is 2.67. The molecule has 0 aliphatic heterocycles. The van der Waals surface area contributed by atoms with Gasteiger partial charge < -0.3 is 5.73 Å². The Hall–Kier alpha value is -2.17. The smallest absolute Gasteiger partial charge is 0.149 e. The number of nitrogen functional groups attached to an aromatic ring is 1. The zero-order valence-corrected chi connectivity index (χ0v) is 9.94. The molecular weight excluding hydrogens is 214 g/mol. The maximum absolute atomic E-state index is 7.65. The number of hydrogen-bond donors (Lipinski definition) is 2. The molecule has 0 spiro atoms. The molecule has 2 rings (SSSR count). The molecule has 0 radical (unpaired) electrons. The minimum Gasteiger partial charge on any atom is -0.384 e. The molecule has 0 aliphatic carbocycles. The molecule has 0 aliphatic rings. The summed E-state index contributed by atoms with van der Waals surface area (Å²) in [5.41, 5.74) is 7.23. The van der Waals surface area contributed by atoms with Crippen molar-refractivity contribution < 1.29 is 0 Å². The molecule has 0 bridgehead atoms. The van der Waals surface area contributed by atoms with Gasteiger partial charge in [0.1, 0.15) is 17.5 Å². The standard InChI is InChI=1S/C12H15N5/c1-3-9-15-6-7-17(9)12-10(11(13)14)8(2)4-5-16-12/h4-7H,3H2,1-2H3,(H3,13,14). The van der Waals surface area contributed by atoms with Gasteiger partial charge in [-0.25, -0.2) is 9.97 Å². The van der Waals surface area contributed by atoms with Crippen molar-refractivity contribution in [3.8, 4) is 5.82 Å². The van der Waals surface area contributed by atoms with Gasteiger partial charge in [0.15, 0.2) is 0 Å². The highest BCUT2D eigenvalue weighted by atomic mass is 15.1. The molecule has 0 saturated heterocycles. The van der Waals surface area contributed by atoms with Gasteiger partial charge in [-0.05, 0) is 18.6 Å². The van der Waals surface area contributed by atoms with Crippen molar-refractivity contribution in [2.75, 3.05) is 0 Å². The normalized spacial score (nSPS) is 10.5. The van der Waals surface area contributed by atoms with Gasteiger partial charge in [0.25, 0.3) is 0 Å². The number of aromatic nitrogens is 3. The van der Waals surface area contributed by atoms with Gasteiger partial charge in [0.2, 0.25) is 0 Å². The SMILES string of the molecule is CCc1nccn1-c1nccc(C)c1C(=N)N. The first-order valence-electron chi connectivity index (χ1n) is 5.47. The third kappa shape index (κ3) is 1.91. The van der Waals surface area contributed by atoms with Crippen molar-refractivity contribution in [1.82, 2.24) is 14.5 Å². The maximum Gasteiger partial charge on any atom is 0.149 e. The van der Waals surface area contributed by atoms with Gasteiger partial charge in [-0.3, -0.25) is 9.98 Å². The van der Waals surface area contributed by atoms with Crippen LogP contribution in [0.3, 0.4) is 0 Å². The van der Waals surface area contributed by atoms with Crippen LogP contribution in [-0.4, -0.2) is 20.4 Å². The molecule has 2 aromatic rings. The number of pyridine rings is 1. The lowest BCUT2D eigenvalue weighted by Crippen LogP contribution is -2.18. The molecule has 17 heavy (non-hydrogen) atoms. The highest BCUT2D eigenvalue weighted by Crippen LogP contribution is 2.17. The second-order valence-corrected chi connectivity index (χ2v) is 3.81. The molecular formula is C12H15N5. The van der Waals surface area contributed by atoms with E-state index in [1.165, 1.54) is 0 Å². The number of aryl methyl sites for hydroxylation is 2. The van der Waals surface area contributed by atoms with E-state index in [9.17, 15) is 0 Å². The molecule has 2 heterocycles. The number of imidazole rings is 1. The molecule has 3 N–H and O–H groups in total. The fourth-order valence-electron chi connectivity index (χ4n) is 1.85. The van der Waals surface area contributed by atoms with Gasteiger partial charge in [-0.1, -0.05) is 6.92 Å². The Morgan fingerprint density at radius 3 is 2.82 bits per heavy atom. The van der Waals surface area contributed by atoms with Crippen LogP contribution in [0.1, 0.15) is 23.9 Å². The lowest BCUT2D eigenvalue weighted by Gasteiger charge is -2.12. The minimum atomic E-state index is 0.0290. The summed E-state index contributed by atoms with van der Waals surface area (Å²) in [6.07, 6.45) is 6.09. The van der Waals surface area contributed by atoms with E-state index in [2.05, 4.69) is 9.97 Å². The number of amidine groups is 1. The first kappa shape index (κ1) is 11.3. The quantitative estimate of drug-likeness (QED) is 0.617. The van der Waals surface area contributed by atoms with Crippen LogP contribution in [0.15, 0.2) is 24.7 Å². The monoisotopic (exact) mass is 229 g/mol. The van der Waals surface area contributed by atoms with E-state index in [4.69, 9.17) is 11.1 Å². The van der Waals surface area contributed by atoms with Gasteiger partial charge in [-0.15, -0.1) is 0 Å². The van der Waals surface area contributed by atoms with E-state index < -0.39 is 0 Å². The molecule has 88 valence electrons. The lowest BCUT2D eigenvalue weighted by atomic mass is 10.1. The van der Waals surface area contributed by atoms with Crippen molar-refractivity contribution in [3.05, 3.63) is 41.6 Å². The topological polar surface area (TPSA) is 80.6 Å². The summed E-state index contributed by atoms with van der Waals surface area (Å²) in [4.78, 5) is 8.57. The number of nitrogens with zero attached hydrogens (tertiary/aromatic N) is 3. The van der Waals surface area contributed by atoms with Crippen molar-refractivity contribution in [1.29, 1.82) is 5.41 Å². The van der Waals surface area contributed by atoms with Crippen LogP contribution >= 0.6 is 0 Å². The van der Waals surface area contributed by atoms with Crippen molar-refractivity contribution >= 4 is 5.84 Å². The van der Waals surface area contributed by atoms with Crippen molar-refractivity contribution in [2.45, 2.75) is 20.3 Å². The molecule has 0 aromatic carbocycles. The zero-order valence-electron chi connectivity index (χ0n) is 9.94. The van der Waals surface area contributed by atoms with E-state index >= 15 is 0 Å². The van der Waals surface area contributed by atoms with Gasteiger partial charge >= 0.3 is 0 Å². The molecule has 0 saturated carbocycles. The van der Waals surface area contributed by atoms with Gasteiger partial charge in [0, 0.05) is 25.0 Å². The maximum atomic E-state index is 7.65. The second kappa shape index (κ2) is 4.37. The van der Waals surface area contributed by atoms with E-state index in [1.807, 2.05) is 30.7 Å². The largest absolute Gasteiger partial charge is 0.384 e. The van der Waals surface area contributed by atoms with E-state index in [0.29, 0.717) is 11.4 Å². The van der Waals surface area contributed by atoms with Crippen molar-refractivity contribution in [2.24, 2.45) is 5.73 Å². The highest BCUT2D eigenvalue weighted by molar-refractivity contribution is 5.99. The molecule has 5 nitrogen and oxygen atoms in total. The van der Waals surface area contributed by atoms with Crippen LogP contribution in [0.5, 0.6) is 0 Å². The van der Waals surface area contributed by atoms with E-state index in [1.54, 1.807) is 12.4 Å². The molecule has 0 fully saturated rings. The average Bonchev–Trinajstić information content (AvgIpc) is 2.75. The Kier molecular flexibility index (Phi) is 2.91. The van der Waals surface area contributed by atoms with Crippen molar-refractivity contribution in [3.63, 3.8) is 0 Å². The van der Waals surface area contributed by atoms with Crippen LogP contribution < -0.4 is 5.73 Å². The fraction of sp³-hybridized carbons (Fsp3) is 0.250. The molecule has 0 unspecified atom stereocenters. The number of nitrogens with two attached hydrogens (primary N) is 1. The Morgan fingerprint density at radius 2 is 2.18 bits per heavy atom. The Balaban J connectivity index is 2.67. The molecule has 0 amide bonds. The van der Waals surface area contributed by atoms with Crippen LogP contribution in [0.2, 0.25) is 0 Å². The first-order chi connectivity index (χ1) is 8.15. The molecule has 5 heteroatoms. The summed E-state index contributed by atoms with van der Waals surface area (Å²) < 4.78 is 1.88. The molecule has 0 atom stereocenters. The summed E-state index contributed by atoms with van der Waals surface area (Å²) in [6, 6.07) is 1.85. The highest BCUT2D eigenvalue weighted by Gasteiger charge is 2.13.